The van der Waals surface area contributed by atoms with Gasteiger partial charge in [-0.3, -0.25) is 33.6 Å². The number of carbonyl (C=O) groups excluding carboxylic acids is 7. The fourth-order valence-corrected chi connectivity index (χ4v) is 8.72. The van der Waals surface area contributed by atoms with Gasteiger partial charge in [0.25, 0.3) is 11.8 Å². The minimum Gasteiger partial charge on any atom is -1.00 e. The minimum atomic E-state index is -1.77. The van der Waals surface area contributed by atoms with Gasteiger partial charge in [-0.1, -0.05) is 6.92 Å². The predicted octanol–water partition coefficient (Wildman–Crippen LogP) is -5.81. The summed E-state index contributed by atoms with van der Waals surface area (Å²) in [6.07, 6.45) is 4.36. The fourth-order valence-electron chi connectivity index (χ4n) is 6.38. The van der Waals surface area contributed by atoms with Crippen molar-refractivity contribution in [2.75, 3.05) is 43.6 Å². The van der Waals surface area contributed by atoms with E-state index >= 15 is 0 Å². The number of hydrogen-bond donors (Lipinski definition) is 13. The van der Waals surface area contributed by atoms with Crippen LogP contribution in [0.1, 0.15) is 88.8 Å². The zero-order valence-electron chi connectivity index (χ0n) is 39.3. The highest BCUT2D eigenvalue weighted by atomic mass is 127. The number of aliphatic hydroxyl groups excluding tert-OH is 2. The SMILES string of the molecule is Cc1c(N)nc([C@H](CC(N)=O)NC[C@H](N)C(N)=O)nc1C(=O)N[C@H](C(=O)N[C@H](C)[C@@H](O)[C@H](C)C(=O)N[C@@H](C)C(=O)NCCc1nc(-c2nc(C(=O)NCCC[S+](C)C)cs2)cs1)[C@@H](O)c1cnc[nH]1.[I-]. The third kappa shape index (κ3) is 17.2. The first kappa shape index (κ1) is 58.9. The molecule has 25 nitrogen and oxygen atoms in total. The lowest BCUT2D eigenvalue weighted by Gasteiger charge is -2.29. The maximum absolute atomic E-state index is 13.9. The second-order valence-corrected chi connectivity index (χ2v) is 20.5. The van der Waals surface area contributed by atoms with E-state index in [1.165, 1.54) is 62.9 Å². The molecule has 0 fully saturated rings. The second-order valence-electron chi connectivity index (χ2n) is 16.3. The van der Waals surface area contributed by atoms with Gasteiger partial charge in [0, 0.05) is 55.2 Å². The second kappa shape index (κ2) is 27.8. The highest BCUT2D eigenvalue weighted by Gasteiger charge is 2.36. The Kier molecular flexibility index (Phi) is 23.4. The first-order valence-corrected chi connectivity index (χ1v) is 25.5. The van der Waals surface area contributed by atoms with Crippen LogP contribution in [0.25, 0.3) is 10.7 Å². The topological polar surface area (TPSA) is 416 Å². The summed E-state index contributed by atoms with van der Waals surface area (Å²) < 4.78 is 0. The lowest BCUT2D eigenvalue weighted by molar-refractivity contribution is -0.134. The molecule has 0 aliphatic rings. The van der Waals surface area contributed by atoms with Crippen molar-refractivity contribution < 1.29 is 67.8 Å². The van der Waals surface area contributed by atoms with E-state index in [9.17, 15) is 43.8 Å². The molecule has 0 bridgehead atoms. The Morgan fingerprint density at radius 1 is 0.871 bits per heavy atom. The number of rotatable bonds is 27. The van der Waals surface area contributed by atoms with E-state index in [4.69, 9.17) is 22.9 Å². The van der Waals surface area contributed by atoms with Gasteiger partial charge >= 0.3 is 0 Å². The van der Waals surface area contributed by atoms with Crippen LogP contribution in [0.15, 0.2) is 23.3 Å². The van der Waals surface area contributed by atoms with Crippen molar-refractivity contribution in [2.45, 2.75) is 89.4 Å². The van der Waals surface area contributed by atoms with Crippen molar-refractivity contribution in [1.82, 2.24) is 61.8 Å². The molecule has 29 heteroatoms. The zero-order chi connectivity index (χ0) is 51.1. The van der Waals surface area contributed by atoms with Crippen molar-refractivity contribution in [2.24, 2.45) is 23.1 Å². The van der Waals surface area contributed by atoms with E-state index in [1.807, 2.05) is 5.38 Å². The highest BCUT2D eigenvalue weighted by Crippen LogP contribution is 2.26. The third-order valence-electron chi connectivity index (χ3n) is 10.5. The standard InChI is InChI=1S/C41H60N16O9S3.HI/c1-18-29(55-35(57-33(18)44)23(12-27(43)58)49-13-22(42)34(45)61)39(65)56-30(32(60)24-14-46-17-50-24)40(66)51-20(3)31(59)19(2)36(62)52-21(4)37(63)48-10-8-28-53-26(16-67-28)41-54-25(15-68-41)38(64)47-9-7-11-69(5)6;/h14-17,19-23,30-32,49,59-60H,7-13,42H2,1-6H3,(H11-,43,44,45,46,47,48,50,51,52,55,56,57,58,61,62,63,64,65,66);1H/t19-,20+,21-,22-,23-,30-,31-,32-;/m0./s1. The Balaban J connectivity index is 0.0000130. The molecule has 7 amide bonds. The third-order valence-corrected chi connectivity index (χ3v) is 13.4. The van der Waals surface area contributed by atoms with Crippen LogP contribution >= 0.6 is 22.7 Å². The molecule has 17 N–H and O–H groups in total. The Labute approximate surface area is 431 Å². The molecule has 0 aliphatic carbocycles. The average Bonchev–Trinajstić information content (AvgIpc) is 4.11. The number of aliphatic hydroxyl groups is 2. The number of carbonyl (C=O) groups is 7. The number of aromatic nitrogens is 6. The van der Waals surface area contributed by atoms with Crippen LogP contribution in [0.5, 0.6) is 0 Å². The van der Waals surface area contributed by atoms with Gasteiger partial charge in [0.15, 0.2) is 0 Å². The molecule has 4 aromatic heterocycles. The Hall–Kier alpha value is -5.44. The van der Waals surface area contributed by atoms with Gasteiger partial charge in [0.05, 0.1) is 65.9 Å². The van der Waals surface area contributed by atoms with Crippen molar-refractivity contribution in [3.63, 3.8) is 0 Å². The molecule has 0 aliphatic heterocycles. The summed E-state index contributed by atoms with van der Waals surface area (Å²) in [7, 11) is 0.308. The summed E-state index contributed by atoms with van der Waals surface area (Å²) in [6.45, 7) is 6.22. The molecule has 0 spiro atoms. The maximum atomic E-state index is 13.9. The predicted molar refractivity (Wildman–Crippen MR) is 259 cm³/mol. The van der Waals surface area contributed by atoms with Gasteiger partial charge in [-0.25, -0.2) is 24.9 Å². The summed E-state index contributed by atoms with van der Waals surface area (Å²) in [5, 5.41) is 43.3. The summed E-state index contributed by atoms with van der Waals surface area (Å²) in [6, 6.07) is -6.21. The Morgan fingerprint density at radius 2 is 1.59 bits per heavy atom. The van der Waals surface area contributed by atoms with Crippen molar-refractivity contribution in [3.8, 4) is 10.7 Å². The van der Waals surface area contributed by atoms with E-state index in [0.29, 0.717) is 40.3 Å². The first-order valence-electron chi connectivity index (χ1n) is 21.5. The summed E-state index contributed by atoms with van der Waals surface area (Å²) in [4.78, 5) is 114. The summed E-state index contributed by atoms with van der Waals surface area (Å²) in [5.74, 6) is -5.61. The number of aromatic amines is 1. The van der Waals surface area contributed by atoms with E-state index in [-0.39, 0.29) is 71.6 Å². The molecule has 8 atom stereocenters. The van der Waals surface area contributed by atoms with Crippen LogP contribution in [-0.4, -0.2) is 150 Å². The Bertz CT molecular complexity index is 2420. The number of anilines is 1. The van der Waals surface area contributed by atoms with Gasteiger partial charge in [-0.15, -0.1) is 22.7 Å². The van der Waals surface area contributed by atoms with E-state index < -0.39 is 90.2 Å². The van der Waals surface area contributed by atoms with E-state index in [0.717, 1.165) is 17.2 Å². The zero-order valence-corrected chi connectivity index (χ0v) is 43.9. The molecular formula is C41H61IN16O9S3. The molecule has 0 saturated carbocycles. The Morgan fingerprint density at radius 3 is 2.23 bits per heavy atom. The lowest BCUT2D eigenvalue weighted by atomic mass is 9.96. The van der Waals surface area contributed by atoms with Crippen LogP contribution in [0.3, 0.4) is 0 Å². The maximum Gasteiger partial charge on any atom is 0.271 e. The van der Waals surface area contributed by atoms with Gasteiger partial charge in [-0.05, 0) is 31.7 Å². The number of nitrogen functional groups attached to an aromatic ring is 1. The number of hydrogen-bond acceptors (Lipinski definition) is 19. The van der Waals surface area contributed by atoms with Gasteiger partial charge in [-0.2, -0.15) is 0 Å². The molecule has 70 heavy (non-hydrogen) atoms. The minimum absolute atomic E-state index is 0. The monoisotopic (exact) mass is 1140 g/mol. The highest BCUT2D eigenvalue weighted by molar-refractivity contribution is 7.95. The number of thiazole rings is 2. The number of halogens is 1. The molecule has 0 saturated heterocycles. The smallest absolute Gasteiger partial charge is 0.271 e. The van der Waals surface area contributed by atoms with Gasteiger partial charge in [0.1, 0.15) is 57.7 Å². The molecular weight excluding hydrogens is 1080 g/mol. The van der Waals surface area contributed by atoms with Gasteiger partial charge < -0.3 is 94.0 Å². The normalized spacial score (nSPS) is 14.7. The number of nitrogens with one attached hydrogen (secondary N) is 7. The average molecular weight is 1150 g/mol. The lowest BCUT2D eigenvalue weighted by Crippen LogP contribution is -3.00. The molecule has 4 rings (SSSR count). The number of H-pyrrole nitrogens is 1. The fraction of sp³-hybridized carbons (Fsp3) is 0.512. The molecule has 4 heterocycles. The van der Waals surface area contributed by atoms with Crippen LogP contribution in [0.2, 0.25) is 0 Å². The largest absolute Gasteiger partial charge is 1.00 e. The van der Waals surface area contributed by atoms with Crippen molar-refractivity contribution in [1.29, 1.82) is 0 Å². The van der Waals surface area contributed by atoms with Crippen molar-refractivity contribution in [3.05, 3.63) is 56.8 Å². The van der Waals surface area contributed by atoms with E-state index in [1.54, 1.807) is 5.38 Å². The molecule has 384 valence electrons. The van der Waals surface area contributed by atoms with Crippen LogP contribution < -0.4 is 78.8 Å². The number of nitrogens with zero attached hydrogens (tertiary/aromatic N) is 5. The van der Waals surface area contributed by atoms with Crippen LogP contribution in [0.4, 0.5) is 5.82 Å². The molecule has 0 radical (unpaired) electrons. The van der Waals surface area contributed by atoms with Crippen LogP contribution in [-0.2, 0) is 41.3 Å². The molecule has 4 aromatic rings. The molecule has 0 unspecified atom stereocenters. The summed E-state index contributed by atoms with van der Waals surface area (Å²) >= 11 is 2.69. The first-order chi connectivity index (χ1) is 32.6. The number of nitrogens with two attached hydrogens (primary N) is 4. The number of primary amides is 2. The van der Waals surface area contributed by atoms with E-state index in [2.05, 4.69) is 74.3 Å². The van der Waals surface area contributed by atoms with Gasteiger partial charge in [0.2, 0.25) is 29.5 Å². The van der Waals surface area contributed by atoms with Crippen molar-refractivity contribution >= 4 is 80.7 Å². The number of imidazole rings is 1. The molecule has 0 aromatic carbocycles. The van der Waals surface area contributed by atoms with Crippen LogP contribution in [0, 0.1) is 12.8 Å². The summed E-state index contributed by atoms with van der Waals surface area (Å²) in [5.41, 5.74) is 23.2. The number of amides is 7. The quantitative estimate of drug-likeness (QED) is 0.0150.